The average molecular weight is 489 g/mol. The van der Waals surface area contributed by atoms with Crippen molar-refractivity contribution in [3.05, 3.63) is 70.3 Å². The molecular weight excluding hydrogens is 471 g/mol. The van der Waals surface area contributed by atoms with Gasteiger partial charge in [-0.2, -0.15) is 13.2 Å². The lowest BCUT2D eigenvalue weighted by Gasteiger charge is -2.13. The molecule has 0 aliphatic heterocycles. The normalized spacial score (nSPS) is 11.5. The number of benzene rings is 2. The molecule has 4 aromatic rings. The molecule has 2 heterocycles. The monoisotopic (exact) mass is 489 g/mol. The molecule has 11 heteroatoms. The number of hydrogen-bond donors (Lipinski definition) is 0. The molecule has 2 aromatic heterocycles. The maximum absolute atomic E-state index is 13.8. The Morgan fingerprint density at radius 3 is 2.34 bits per heavy atom. The topological polar surface area (TPSA) is 101 Å². The Balaban J connectivity index is 1.64. The SMILES string of the molecule is COc1ccc(-c2c(C(F)(F)F)oc3cc(OC(=O)CCc4cc(OC)no4)ccc3c2=O)cc1. The zero-order valence-corrected chi connectivity index (χ0v) is 18.5. The average Bonchev–Trinajstić information content (AvgIpc) is 3.30. The van der Waals surface area contributed by atoms with Crippen LogP contribution >= 0.6 is 0 Å². The summed E-state index contributed by atoms with van der Waals surface area (Å²) >= 11 is 0. The molecule has 0 atom stereocenters. The predicted octanol–water partition coefficient (Wildman–Crippen LogP) is 5.02. The number of ether oxygens (including phenoxy) is 3. The van der Waals surface area contributed by atoms with Crippen LogP contribution in [0.3, 0.4) is 0 Å². The van der Waals surface area contributed by atoms with Crippen LogP contribution in [0.15, 0.2) is 62.3 Å². The second kappa shape index (κ2) is 9.53. The molecule has 0 fully saturated rings. The molecule has 8 nitrogen and oxygen atoms in total. The Kier molecular flexibility index (Phi) is 6.50. The first kappa shape index (κ1) is 23.9. The molecule has 4 rings (SSSR count). The predicted molar refractivity (Wildman–Crippen MR) is 116 cm³/mol. The summed E-state index contributed by atoms with van der Waals surface area (Å²) in [6, 6.07) is 10.7. The lowest BCUT2D eigenvalue weighted by Crippen LogP contribution is -2.16. The second-order valence-corrected chi connectivity index (χ2v) is 7.33. The number of carbonyl (C=O) groups excluding carboxylic acids is 1. The first-order valence-corrected chi connectivity index (χ1v) is 10.2. The van der Waals surface area contributed by atoms with Crippen LogP contribution in [0.25, 0.3) is 22.1 Å². The fourth-order valence-corrected chi connectivity index (χ4v) is 3.37. The molecule has 0 aliphatic carbocycles. The molecule has 0 bridgehead atoms. The number of methoxy groups -OCH3 is 2. The van der Waals surface area contributed by atoms with Crippen LogP contribution in [0.4, 0.5) is 13.2 Å². The highest BCUT2D eigenvalue weighted by Crippen LogP contribution is 2.38. The van der Waals surface area contributed by atoms with Gasteiger partial charge in [-0.1, -0.05) is 12.1 Å². The minimum atomic E-state index is -4.95. The molecule has 182 valence electrons. The van der Waals surface area contributed by atoms with Gasteiger partial charge in [0, 0.05) is 18.6 Å². The van der Waals surface area contributed by atoms with Gasteiger partial charge >= 0.3 is 12.1 Å². The van der Waals surface area contributed by atoms with Crippen molar-refractivity contribution >= 4 is 16.9 Å². The molecule has 0 spiro atoms. The summed E-state index contributed by atoms with van der Waals surface area (Å²) in [5.41, 5.74) is -1.85. The highest BCUT2D eigenvalue weighted by atomic mass is 19.4. The van der Waals surface area contributed by atoms with Crippen LogP contribution in [0, 0.1) is 0 Å². The number of nitrogens with zero attached hydrogens (tertiary/aromatic N) is 1. The minimum Gasteiger partial charge on any atom is -0.497 e. The van der Waals surface area contributed by atoms with Crippen LogP contribution in [-0.2, 0) is 17.4 Å². The van der Waals surface area contributed by atoms with E-state index in [9.17, 15) is 22.8 Å². The van der Waals surface area contributed by atoms with Crippen molar-refractivity contribution < 1.29 is 41.1 Å². The van der Waals surface area contributed by atoms with Gasteiger partial charge in [0.25, 0.3) is 5.88 Å². The van der Waals surface area contributed by atoms with Crippen molar-refractivity contribution in [2.75, 3.05) is 14.2 Å². The zero-order chi connectivity index (χ0) is 25.2. The number of alkyl halides is 3. The molecule has 2 aromatic carbocycles. The van der Waals surface area contributed by atoms with E-state index in [0.717, 1.165) is 6.07 Å². The largest absolute Gasteiger partial charge is 0.497 e. The molecule has 0 N–H and O–H groups in total. The van der Waals surface area contributed by atoms with Crippen molar-refractivity contribution in [2.45, 2.75) is 19.0 Å². The second-order valence-electron chi connectivity index (χ2n) is 7.33. The molecule has 0 unspecified atom stereocenters. The number of aromatic nitrogens is 1. The number of rotatable bonds is 7. The van der Waals surface area contributed by atoms with E-state index < -0.39 is 28.9 Å². The van der Waals surface area contributed by atoms with E-state index >= 15 is 0 Å². The van der Waals surface area contributed by atoms with Crippen LogP contribution < -0.4 is 19.6 Å². The maximum atomic E-state index is 13.8. The molecule has 35 heavy (non-hydrogen) atoms. The molecular formula is C24H18F3NO7. The van der Waals surface area contributed by atoms with Gasteiger partial charge in [0.05, 0.1) is 31.6 Å². The number of fused-ring (bicyclic) bond motifs is 1. The van der Waals surface area contributed by atoms with Gasteiger partial charge in [-0.05, 0) is 35.0 Å². The fourth-order valence-electron chi connectivity index (χ4n) is 3.37. The van der Waals surface area contributed by atoms with E-state index in [-0.39, 0.29) is 41.0 Å². The van der Waals surface area contributed by atoms with Gasteiger partial charge in [-0.3, -0.25) is 9.59 Å². The van der Waals surface area contributed by atoms with Gasteiger partial charge in [0.15, 0.2) is 0 Å². The lowest BCUT2D eigenvalue weighted by molar-refractivity contribution is -0.152. The molecule has 0 aliphatic rings. The summed E-state index contributed by atoms with van der Waals surface area (Å²) < 4.78 is 66.7. The summed E-state index contributed by atoms with van der Waals surface area (Å²) in [6.45, 7) is 0. The summed E-state index contributed by atoms with van der Waals surface area (Å²) in [4.78, 5) is 25.2. The third-order valence-corrected chi connectivity index (χ3v) is 5.05. The number of halogens is 3. The van der Waals surface area contributed by atoms with Crippen LogP contribution in [0.5, 0.6) is 17.4 Å². The molecule has 0 saturated heterocycles. The summed E-state index contributed by atoms with van der Waals surface area (Å²) in [6.07, 6.45) is -4.88. The summed E-state index contributed by atoms with van der Waals surface area (Å²) in [7, 11) is 2.83. The standard InChI is InChI=1S/C24H18F3NO7/c1-31-14-5-3-13(4-6-14)21-22(30)17-9-7-15(11-18(17)34-23(21)24(25,26)27)33-20(29)10-8-16-12-19(32-2)28-35-16/h3-7,9,11-12H,8,10H2,1-2H3. The molecule has 0 radical (unpaired) electrons. The van der Waals surface area contributed by atoms with Crippen molar-refractivity contribution in [1.82, 2.24) is 5.16 Å². The molecule has 0 amide bonds. The fraction of sp³-hybridized carbons (Fsp3) is 0.208. The van der Waals surface area contributed by atoms with E-state index in [1.54, 1.807) is 0 Å². The van der Waals surface area contributed by atoms with Crippen LogP contribution in [0.2, 0.25) is 0 Å². The first-order chi connectivity index (χ1) is 16.7. The van der Waals surface area contributed by atoms with Crippen molar-refractivity contribution in [2.24, 2.45) is 0 Å². The Labute approximate surface area is 195 Å². The van der Waals surface area contributed by atoms with E-state index in [1.165, 1.54) is 56.7 Å². The van der Waals surface area contributed by atoms with Gasteiger partial charge < -0.3 is 23.2 Å². The van der Waals surface area contributed by atoms with E-state index in [2.05, 4.69) is 5.16 Å². The quantitative estimate of drug-likeness (QED) is 0.263. The zero-order valence-electron chi connectivity index (χ0n) is 18.5. The number of carbonyl (C=O) groups is 1. The van der Waals surface area contributed by atoms with E-state index in [4.69, 9.17) is 23.2 Å². The van der Waals surface area contributed by atoms with Crippen LogP contribution in [-0.4, -0.2) is 25.3 Å². The third kappa shape index (κ3) is 5.13. The Morgan fingerprint density at radius 1 is 1.00 bits per heavy atom. The van der Waals surface area contributed by atoms with Gasteiger partial charge in [-0.25, -0.2) is 0 Å². The summed E-state index contributed by atoms with van der Waals surface area (Å²) in [5.74, 6) is -1.14. The summed E-state index contributed by atoms with van der Waals surface area (Å²) in [5, 5.41) is 3.52. The van der Waals surface area contributed by atoms with Gasteiger partial charge in [0.2, 0.25) is 11.2 Å². The maximum Gasteiger partial charge on any atom is 0.450 e. The number of aryl methyl sites for hydroxylation is 1. The van der Waals surface area contributed by atoms with Gasteiger partial charge in [0.1, 0.15) is 22.8 Å². The Morgan fingerprint density at radius 2 is 1.71 bits per heavy atom. The van der Waals surface area contributed by atoms with Gasteiger partial charge in [-0.15, -0.1) is 0 Å². The first-order valence-electron chi connectivity index (χ1n) is 10.2. The Hall–Kier alpha value is -4.28. The van der Waals surface area contributed by atoms with Crippen molar-refractivity contribution in [3.8, 4) is 28.5 Å². The number of esters is 1. The third-order valence-electron chi connectivity index (χ3n) is 5.05. The molecule has 0 saturated carbocycles. The van der Waals surface area contributed by atoms with E-state index in [0.29, 0.717) is 11.5 Å². The van der Waals surface area contributed by atoms with Crippen molar-refractivity contribution in [1.29, 1.82) is 0 Å². The van der Waals surface area contributed by atoms with E-state index in [1.807, 2.05) is 0 Å². The van der Waals surface area contributed by atoms with Crippen LogP contribution in [0.1, 0.15) is 17.9 Å². The smallest absolute Gasteiger partial charge is 0.450 e. The van der Waals surface area contributed by atoms with Crippen molar-refractivity contribution in [3.63, 3.8) is 0 Å². The highest BCUT2D eigenvalue weighted by molar-refractivity contribution is 5.85. The Bertz CT molecular complexity index is 1420. The lowest BCUT2D eigenvalue weighted by atomic mass is 10.0. The highest BCUT2D eigenvalue weighted by Gasteiger charge is 2.39. The minimum absolute atomic E-state index is 0.0216. The number of hydrogen-bond acceptors (Lipinski definition) is 8.